The van der Waals surface area contributed by atoms with Gasteiger partial charge < -0.3 is 4.57 Å². The second-order valence-electron chi connectivity index (χ2n) is 5.59. The smallest absolute Gasteiger partial charge is 0.272 e. The van der Waals surface area contributed by atoms with Crippen molar-refractivity contribution in [1.82, 2.24) is 24.1 Å². The first kappa shape index (κ1) is 14.6. The standard InChI is InChI=1S/C16H21N5O/c1-4-14-11(2)19-21-15(22)10-13(18-16(14)21)6-5-8-20-9-7-17-12(20)3/h7,9-10,19H,4-6,8H2,1-3H3. The molecule has 0 amide bonds. The number of rotatable bonds is 5. The Balaban J connectivity index is 1.82. The predicted octanol–water partition coefficient (Wildman–Crippen LogP) is 2.03. The molecule has 0 unspecified atom stereocenters. The predicted molar refractivity (Wildman–Crippen MR) is 85.2 cm³/mol. The van der Waals surface area contributed by atoms with E-state index in [1.165, 1.54) is 4.52 Å². The van der Waals surface area contributed by atoms with Gasteiger partial charge in [0.15, 0.2) is 5.65 Å². The van der Waals surface area contributed by atoms with Gasteiger partial charge in [0.05, 0.1) is 0 Å². The summed E-state index contributed by atoms with van der Waals surface area (Å²) in [5.74, 6) is 1.01. The Morgan fingerprint density at radius 1 is 1.32 bits per heavy atom. The van der Waals surface area contributed by atoms with Crippen LogP contribution in [-0.4, -0.2) is 24.1 Å². The lowest BCUT2D eigenvalue weighted by Gasteiger charge is -2.05. The van der Waals surface area contributed by atoms with Crippen molar-refractivity contribution < 1.29 is 0 Å². The molecule has 0 aromatic carbocycles. The maximum atomic E-state index is 12.2. The van der Waals surface area contributed by atoms with Crippen molar-refractivity contribution in [3.63, 3.8) is 0 Å². The number of hydrogen-bond acceptors (Lipinski definition) is 3. The normalized spacial score (nSPS) is 11.4. The molecule has 1 N–H and O–H groups in total. The maximum absolute atomic E-state index is 12.2. The van der Waals surface area contributed by atoms with Gasteiger partial charge in [-0.05, 0) is 33.1 Å². The van der Waals surface area contributed by atoms with Crippen LogP contribution < -0.4 is 5.56 Å². The van der Waals surface area contributed by atoms with Gasteiger partial charge in [0.1, 0.15) is 5.82 Å². The lowest BCUT2D eigenvalue weighted by molar-refractivity contribution is 0.620. The van der Waals surface area contributed by atoms with Crippen molar-refractivity contribution in [3.05, 3.63) is 51.6 Å². The Morgan fingerprint density at radius 3 is 2.82 bits per heavy atom. The number of nitrogens with one attached hydrogen (secondary N) is 1. The van der Waals surface area contributed by atoms with Crippen molar-refractivity contribution in [2.24, 2.45) is 0 Å². The molecule has 6 nitrogen and oxygen atoms in total. The van der Waals surface area contributed by atoms with Gasteiger partial charge in [-0.15, -0.1) is 0 Å². The third kappa shape index (κ3) is 2.56. The third-order valence-corrected chi connectivity index (χ3v) is 4.08. The molecule has 3 aromatic rings. The number of imidazole rings is 1. The van der Waals surface area contributed by atoms with E-state index in [9.17, 15) is 4.79 Å². The average Bonchev–Trinajstić information content (AvgIpc) is 3.02. The Morgan fingerprint density at radius 2 is 2.14 bits per heavy atom. The summed E-state index contributed by atoms with van der Waals surface area (Å²) in [6.45, 7) is 6.94. The highest BCUT2D eigenvalue weighted by Crippen LogP contribution is 2.13. The van der Waals surface area contributed by atoms with Gasteiger partial charge >= 0.3 is 0 Å². The summed E-state index contributed by atoms with van der Waals surface area (Å²) in [5, 5.41) is 3.09. The van der Waals surface area contributed by atoms with Crippen molar-refractivity contribution in [3.8, 4) is 0 Å². The summed E-state index contributed by atoms with van der Waals surface area (Å²) < 4.78 is 3.65. The zero-order valence-corrected chi connectivity index (χ0v) is 13.3. The van der Waals surface area contributed by atoms with Crippen molar-refractivity contribution >= 4 is 5.65 Å². The van der Waals surface area contributed by atoms with Crippen LogP contribution in [0.4, 0.5) is 0 Å². The summed E-state index contributed by atoms with van der Waals surface area (Å²) in [7, 11) is 0. The van der Waals surface area contributed by atoms with Crippen molar-refractivity contribution in [2.45, 2.75) is 46.6 Å². The number of aromatic amines is 1. The minimum atomic E-state index is -0.0402. The van der Waals surface area contributed by atoms with Crippen molar-refractivity contribution in [2.75, 3.05) is 0 Å². The fraction of sp³-hybridized carbons (Fsp3) is 0.438. The molecule has 3 aromatic heterocycles. The highest BCUT2D eigenvalue weighted by molar-refractivity contribution is 5.50. The van der Waals surface area contributed by atoms with Crippen LogP contribution in [0.5, 0.6) is 0 Å². The van der Waals surface area contributed by atoms with Gasteiger partial charge in [-0.2, -0.15) is 0 Å². The van der Waals surface area contributed by atoms with E-state index in [1.54, 1.807) is 6.07 Å². The first-order chi connectivity index (χ1) is 10.6. The molecule has 0 aliphatic carbocycles. The molecule has 0 fully saturated rings. The summed E-state index contributed by atoms with van der Waals surface area (Å²) >= 11 is 0. The SMILES string of the molecule is CCc1c(C)[nH]n2c(=O)cc(CCCn3ccnc3C)nc12. The van der Waals surface area contributed by atoms with Crippen LogP contribution in [0.1, 0.15) is 36.1 Å². The van der Waals surface area contributed by atoms with E-state index >= 15 is 0 Å². The first-order valence-corrected chi connectivity index (χ1v) is 7.68. The molecule has 0 spiro atoms. The fourth-order valence-corrected chi connectivity index (χ4v) is 2.87. The number of aromatic nitrogens is 5. The molecule has 6 heteroatoms. The van der Waals surface area contributed by atoms with E-state index in [0.717, 1.165) is 54.2 Å². The Kier molecular flexibility index (Phi) is 3.83. The summed E-state index contributed by atoms with van der Waals surface area (Å²) in [6, 6.07) is 1.63. The second-order valence-corrected chi connectivity index (χ2v) is 5.59. The number of H-pyrrole nitrogens is 1. The Labute approximate surface area is 128 Å². The minimum Gasteiger partial charge on any atom is -0.335 e. The molecular formula is C16H21N5O. The monoisotopic (exact) mass is 299 g/mol. The third-order valence-electron chi connectivity index (χ3n) is 4.08. The molecule has 0 atom stereocenters. The summed E-state index contributed by atoms with van der Waals surface area (Å²) in [6.07, 6.45) is 6.37. The van der Waals surface area contributed by atoms with Crippen LogP contribution in [0, 0.1) is 13.8 Å². The molecule has 0 saturated heterocycles. The molecule has 0 bridgehead atoms. The summed E-state index contributed by atoms with van der Waals surface area (Å²) in [4.78, 5) is 21.1. The van der Waals surface area contributed by atoms with Gasteiger partial charge in [-0.3, -0.25) is 9.89 Å². The van der Waals surface area contributed by atoms with Gasteiger partial charge in [0.25, 0.3) is 5.56 Å². The largest absolute Gasteiger partial charge is 0.335 e. The lowest BCUT2D eigenvalue weighted by atomic mass is 10.2. The average molecular weight is 299 g/mol. The molecule has 116 valence electrons. The van der Waals surface area contributed by atoms with Crippen LogP contribution in [0.25, 0.3) is 5.65 Å². The van der Waals surface area contributed by atoms with Crippen molar-refractivity contribution in [1.29, 1.82) is 0 Å². The zero-order chi connectivity index (χ0) is 15.7. The van der Waals surface area contributed by atoms with Crippen LogP contribution in [0.2, 0.25) is 0 Å². The maximum Gasteiger partial charge on any atom is 0.272 e. The highest BCUT2D eigenvalue weighted by atomic mass is 16.1. The molecule has 0 aliphatic rings. The molecule has 0 aliphatic heterocycles. The quantitative estimate of drug-likeness (QED) is 0.784. The highest BCUT2D eigenvalue weighted by Gasteiger charge is 2.11. The number of hydrogen-bond donors (Lipinski definition) is 1. The molecule has 0 radical (unpaired) electrons. The van der Waals surface area contributed by atoms with E-state index in [2.05, 4.69) is 26.6 Å². The second kappa shape index (κ2) is 5.79. The van der Waals surface area contributed by atoms with E-state index in [0.29, 0.717) is 0 Å². The topological polar surface area (TPSA) is 68.0 Å². The molecule has 3 heterocycles. The fourth-order valence-electron chi connectivity index (χ4n) is 2.87. The first-order valence-electron chi connectivity index (χ1n) is 7.68. The van der Waals surface area contributed by atoms with Crippen LogP contribution in [0.3, 0.4) is 0 Å². The molecule has 0 saturated carbocycles. The van der Waals surface area contributed by atoms with E-state index in [4.69, 9.17) is 0 Å². The van der Waals surface area contributed by atoms with Crippen LogP contribution in [-0.2, 0) is 19.4 Å². The summed E-state index contributed by atoms with van der Waals surface area (Å²) in [5.41, 5.74) is 3.71. The van der Waals surface area contributed by atoms with Gasteiger partial charge in [0, 0.05) is 42.0 Å². The Bertz CT molecular complexity index is 855. The van der Waals surface area contributed by atoms with Crippen LogP contribution >= 0.6 is 0 Å². The number of aryl methyl sites for hydroxylation is 5. The minimum absolute atomic E-state index is 0.0402. The van der Waals surface area contributed by atoms with Gasteiger partial charge in [-0.1, -0.05) is 6.92 Å². The Hall–Kier alpha value is -2.37. The lowest BCUT2D eigenvalue weighted by Crippen LogP contribution is -2.16. The zero-order valence-electron chi connectivity index (χ0n) is 13.3. The molecule has 22 heavy (non-hydrogen) atoms. The van der Waals surface area contributed by atoms with Gasteiger partial charge in [0.2, 0.25) is 0 Å². The van der Waals surface area contributed by atoms with E-state index < -0.39 is 0 Å². The number of fused-ring (bicyclic) bond motifs is 1. The molecule has 3 rings (SSSR count). The van der Waals surface area contributed by atoms with E-state index in [1.807, 2.05) is 26.2 Å². The van der Waals surface area contributed by atoms with E-state index in [-0.39, 0.29) is 5.56 Å². The molecular weight excluding hydrogens is 278 g/mol. The number of nitrogens with zero attached hydrogens (tertiary/aromatic N) is 4. The van der Waals surface area contributed by atoms with Crippen LogP contribution in [0.15, 0.2) is 23.3 Å². The van der Waals surface area contributed by atoms with Gasteiger partial charge in [-0.25, -0.2) is 14.5 Å².